The number of hydrogen-bond donors (Lipinski definition) is 1. The van der Waals surface area contributed by atoms with Crippen molar-refractivity contribution in [2.45, 2.75) is 0 Å². The van der Waals surface area contributed by atoms with Crippen LogP contribution in [-0.4, -0.2) is 24.0 Å². The minimum Gasteiger partial charge on any atom is -0.465 e. The molecule has 1 amide bonds. The summed E-state index contributed by atoms with van der Waals surface area (Å²) in [7, 11) is 1.27. The number of aromatic nitrogens is 1. The van der Waals surface area contributed by atoms with E-state index in [1.54, 1.807) is 24.3 Å². The topological polar surface area (TPSA) is 92.1 Å². The number of rotatable bonds is 3. The molecule has 1 aromatic carbocycles. The molecular weight excluding hydrogens is 270 g/mol. The fourth-order valence-electron chi connectivity index (χ4n) is 1.63. The summed E-state index contributed by atoms with van der Waals surface area (Å²) in [6.45, 7) is 0. The highest BCUT2D eigenvalue weighted by molar-refractivity contribution is 6.03. The summed E-state index contributed by atoms with van der Waals surface area (Å²) in [5, 5.41) is 11.4. The van der Waals surface area contributed by atoms with Crippen molar-refractivity contribution in [3.05, 3.63) is 59.4 Å². The summed E-state index contributed by atoms with van der Waals surface area (Å²) in [6, 6.07) is 11.4. The van der Waals surface area contributed by atoms with Crippen LogP contribution in [0.4, 0.5) is 5.69 Å². The van der Waals surface area contributed by atoms with E-state index < -0.39 is 11.9 Å². The Hall–Kier alpha value is -3.20. The molecule has 0 bridgehead atoms. The van der Waals surface area contributed by atoms with Gasteiger partial charge >= 0.3 is 5.97 Å². The van der Waals surface area contributed by atoms with Crippen LogP contribution < -0.4 is 5.32 Å². The van der Waals surface area contributed by atoms with Gasteiger partial charge in [-0.15, -0.1) is 0 Å². The molecule has 21 heavy (non-hydrogen) atoms. The number of esters is 1. The molecule has 6 heteroatoms. The van der Waals surface area contributed by atoms with Gasteiger partial charge in [-0.3, -0.25) is 9.78 Å². The van der Waals surface area contributed by atoms with Crippen LogP contribution in [0.1, 0.15) is 26.4 Å². The van der Waals surface area contributed by atoms with Gasteiger partial charge < -0.3 is 10.1 Å². The molecule has 104 valence electrons. The monoisotopic (exact) mass is 281 g/mol. The Morgan fingerprint density at radius 3 is 2.71 bits per heavy atom. The number of carbonyl (C=O) groups excluding carboxylic acids is 2. The number of nitriles is 1. The van der Waals surface area contributed by atoms with Crippen molar-refractivity contribution in [2.75, 3.05) is 12.4 Å². The summed E-state index contributed by atoms with van der Waals surface area (Å²) in [5.41, 5.74) is 1.37. The normalized spacial score (nSPS) is 9.52. The smallest absolute Gasteiger partial charge is 0.339 e. The molecule has 0 unspecified atom stereocenters. The highest BCUT2D eigenvalue weighted by atomic mass is 16.5. The number of ether oxygens (including phenoxy) is 1. The van der Waals surface area contributed by atoms with E-state index in [4.69, 9.17) is 5.26 Å². The third-order valence-electron chi connectivity index (χ3n) is 2.67. The molecule has 0 aliphatic carbocycles. The van der Waals surface area contributed by atoms with Crippen molar-refractivity contribution in [1.82, 2.24) is 4.98 Å². The van der Waals surface area contributed by atoms with Crippen molar-refractivity contribution in [1.29, 1.82) is 5.26 Å². The van der Waals surface area contributed by atoms with Crippen LogP contribution in [0.2, 0.25) is 0 Å². The van der Waals surface area contributed by atoms with Gasteiger partial charge in [-0.1, -0.05) is 6.07 Å². The van der Waals surface area contributed by atoms with Crippen LogP contribution in [0.5, 0.6) is 0 Å². The largest absolute Gasteiger partial charge is 0.465 e. The Labute approximate surface area is 121 Å². The molecule has 0 radical (unpaired) electrons. The van der Waals surface area contributed by atoms with E-state index >= 15 is 0 Å². The zero-order chi connectivity index (χ0) is 15.2. The predicted molar refractivity (Wildman–Crippen MR) is 74.7 cm³/mol. The van der Waals surface area contributed by atoms with Crippen molar-refractivity contribution < 1.29 is 14.3 Å². The van der Waals surface area contributed by atoms with Crippen molar-refractivity contribution in [2.24, 2.45) is 0 Å². The van der Waals surface area contributed by atoms with Crippen LogP contribution in [0.15, 0.2) is 42.6 Å². The zero-order valence-corrected chi connectivity index (χ0v) is 11.2. The van der Waals surface area contributed by atoms with E-state index in [2.05, 4.69) is 15.0 Å². The molecule has 1 N–H and O–H groups in total. The third-order valence-corrected chi connectivity index (χ3v) is 2.67. The molecule has 0 aliphatic rings. The summed E-state index contributed by atoms with van der Waals surface area (Å²) < 4.78 is 4.55. The number of pyridine rings is 1. The first-order chi connectivity index (χ1) is 10.1. The lowest BCUT2D eigenvalue weighted by Crippen LogP contribution is -2.14. The van der Waals surface area contributed by atoms with E-state index in [0.29, 0.717) is 11.3 Å². The van der Waals surface area contributed by atoms with E-state index in [0.717, 1.165) is 0 Å². The quantitative estimate of drug-likeness (QED) is 0.868. The van der Waals surface area contributed by atoms with Crippen LogP contribution in [0, 0.1) is 11.3 Å². The molecule has 0 aliphatic heterocycles. The molecule has 0 saturated carbocycles. The zero-order valence-electron chi connectivity index (χ0n) is 11.2. The Balaban J connectivity index is 2.13. The molecule has 6 nitrogen and oxygen atoms in total. The lowest BCUT2D eigenvalue weighted by atomic mass is 10.2. The average molecular weight is 281 g/mol. The second kappa shape index (κ2) is 6.30. The van der Waals surface area contributed by atoms with Gasteiger partial charge in [0.25, 0.3) is 5.91 Å². The summed E-state index contributed by atoms with van der Waals surface area (Å²) in [5.74, 6) is -0.947. The Morgan fingerprint density at radius 2 is 2.10 bits per heavy atom. The van der Waals surface area contributed by atoms with Gasteiger partial charge in [-0.2, -0.15) is 5.26 Å². The SMILES string of the molecule is COC(=O)c1ccc(C(=O)Nc2cccc(C#N)c2)nc1. The number of carbonyl (C=O) groups is 2. The first-order valence-corrected chi connectivity index (χ1v) is 6.00. The van der Waals surface area contributed by atoms with E-state index in [1.807, 2.05) is 6.07 Å². The number of nitrogens with one attached hydrogen (secondary N) is 1. The molecule has 0 fully saturated rings. The van der Waals surface area contributed by atoms with Crippen molar-refractivity contribution in [3.63, 3.8) is 0 Å². The summed E-state index contributed by atoms with van der Waals surface area (Å²) >= 11 is 0. The maximum Gasteiger partial charge on any atom is 0.339 e. The summed E-state index contributed by atoms with van der Waals surface area (Å²) in [6.07, 6.45) is 1.27. The highest BCUT2D eigenvalue weighted by Gasteiger charge is 2.10. The van der Waals surface area contributed by atoms with E-state index in [1.165, 1.54) is 25.4 Å². The number of anilines is 1. The van der Waals surface area contributed by atoms with Crippen LogP contribution in [0.3, 0.4) is 0 Å². The Bertz CT molecular complexity index is 718. The minimum absolute atomic E-state index is 0.157. The van der Waals surface area contributed by atoms with Crippen LogP contribution in [-0.2, 0) is 4.74 Å². The number of methoxy groups -OCH3 is 1. The number of amides is 1. The maximum absolute atomic E-state index is 12.0. The third kappa shape index (κ3) is 3.42. The standard InChI is InChI=1S/C15H11N3O3/c1-21-15(20)11-5-6-13(17-9-11)14(19)18-12-4-2-3-10(7-12)8-16/h2-7,9H,1H3,(H,18,19). The molecular formula is C15H11N3O3. The lowest BCUT2D eigenvalue weighted by Gasteiger charge is -2.05. The predicted octanol–water partition coefficient (Wildman–Crippen LogP) is 1.99. The number of benzene rings is 1. The Kier molecular flexibility index (Phi) is 4.26. The summed E-state index contributed by atoms with van der Waals surface area (Å²) in [4.78, 5) is 27.2. The molecule has 0 atom stereocenters. The average Bonchev–Trinajstić information content (AvgIpc) is 2.54. The molecule has 2 aromatic rings. The van der Waals surface area contributed by atoms with Crippen molar-refractivity contribution >= 4 is 17.6 Å². The Morgan fingerprint density at radius 1 is 1.29 bits per heavy atom. The van der Waals surface area contributed by atoms with Crippen molar-refractivity contribution in [3.8, 4) is 6.07 Å². The minimum atomic E-state index is -0.517. The van der Waals surface area contributed by atoms with Gasteiger partial charge in [0, 0.05) is 11.9 Å². The number of hydrogen-bond acceptors (Lipinski definition) is 5. The van der Waals surface area contributed by atoms with Crippen LogP contribution >= 0.6 is 0 Å². The van der Waals surface area contributed by atoms with Gasteiger partial charge in [-0.05, 0) is 30.3 Å². The van der Waals surface area contributed by atoms with Gasteiger partial charge in [0.15, 0.2) is 0 Å². The molecule has 1 heterocycles. The van der Waals surface area contributed by atoms with Gasteiger partial charge in [0.1, 0.15) is 5.69 Å². The maximum atomic E-state index is 12.0. The van der Waals surface area contributed by atoms with E-state index in [-0.39, 0.29) is 11.3 Å². The second-order valence-corrected chi connectivity index (χ2v) is 4.07. The second-order valence-electron chi connectivity index (χ2n) is 4.07. The number of nitrogens with zero attached hydrogens (tertiary/aromatic N) is 2. The van der Waals surface area contributed by atoms with Gasteiger partial charge in [0.05, 0.1) is 24.3 Å². The fraction of sp³-hybridized carbons (Fsp3) is 0.0667. The first kappa shape index (κ1) is 14.2. The lowest BCUT2D eigenvalue weighted by molar-refractivity contribution is 0.0600. The fourth-order valence-corrected chi connectivity index (χ4v) is 1.63. The first-order valence-electron chi connectivity index (χ1n) is 6.00. The molecule has 0 spiro atoms. The molecule has 1 aromatic heterocycles. The van der Waals surface area contributed by atoms with Crippen LogP contribution in [0.25, 0.3) is 0 Å². The van der Waals surface area contributed by atoms with Gasteiger partial charge in [-0.25, -0.2) is 4.79 Å². The van der Waals surface area contributed by atoms with Gasteiger partial charge in [0.2, 0.25) is 0 Å². The molecule has 0 saturated heterocycles. The van der Waals surface area contributed by atoms with E-state index in [9.17, 15) is 9.59 Å². The highest BCUT2D eigenvalue weighted by Crippen LogP contribution is 2.11. The molecule has 2 rings (SSSR count).